The average molecular weight is 274 g/mol. The molecule has 96 valence electrons. The van der Waals surface area contributed by atoms with E-state index in [9.17, 15) is 0 Å². The highest BCUT2D eigenvalue weighted by atomic mass is 32.2. The maximum Gasteiger partial charge on any atom is 0.240 e. The third-order valence-electron chi connectivity index (χ3n) is 2.32. The van der Waals surface area contributed by atoms with E-state index in [-0.39, 0.29) is 5.95 Å². The maximum atomic E-state index is 5.70. The van der Waals surface area contributed by atoms with Gasteiger partial charge in [-0.25, -0.2) is 9.97 Å². The topological polar surface area (TPSA) is 100 Å². The number of imidazole rings is 2. The SMILES string of the molecule is Cn1ccnc1Sc1nc(N)nc(-n2ccnc2)n1. The van der Waals surface area contributed by atoms with E-state index in [0.29, 0.717) is 11.1 Å². The second kappa shape index (κ2) is 4.69. The van der Waals surface area contributed by atoms with Gasteiger partial charge in [-0.2, -0.15) is 15.0 Å². The Labute approximate surface area is 112 Å². The number of aromatic nitrogens is 7. The molecule has 0 aliphatic carbocycles. The first-order chi connectivity index (χ1) is 9.22. The molecule has 0 unspecified atom stereocenters. The van der Waals surface area contributed by atoms with Gasteiger partial charge in [0.05, 0.1) is 0 Å². The Morgan fingerprint density at radius 2 is 2.05 bits per heavy atom. The van der Waals surface area contributed by atoms with Crippen LogP contribution in [0.3, 0.4) is 0 Å². The number of rotatable bonds is 3. The first kappa shape index (κ1) is 11.7. The van der Waals surface area contributed by atoms with Crippen LogP contribution in [0.4, 0.5) is 5.95 Å². The van der Waals surface area contributed by atoms with Gasteiger partial charge in [0.1, 0.15) is 6.33 Å². The van der Waals surface area contributed by atoms with Crippen molar-refractivity contribution in [1.29, 1.82) is 0 Å². The van der Waals surface area contributed by atoms with Crippen LogP contribution in [-0.4, -0.2) is 34.1 Å². The third kappa shape index (κ3) is 2.40. The van der Waals surface area contributed by atoms with Crippen LogP contribution in [0.25, 0.3) is 5.95 Å². The number of aryl methyl sites for hydroxylation is 1. The Bertz CT molecular complexity index is 689. The number of hydrogen-bond donors (Lipinski definition) is 1. The molecule has 0 aromatic carbocycles. The first-order valence-corrected chi connectivity index (χ1v) is 6.19. The van der Waals surface area contributed by atoms with Crippen molar-refractivity contribution >= 4 is 17.7 Å². The lowest BCUT2D eigenvalue weighted by molar-refractivity contribution is 0.779. The Kier molecular flexibility index (Phi) is 2.88. The van der Waals surface area contributed by atoms with E-state index in [1.165, 1.54) is 11.8 Å². The molecule has 0 bridgehead atoms. The number of nitrogens with two attached hydrogens (primary N) is 1. The van der Waals surface area contributed by atoms with Gasteiger partial charge in [-0.3, -0.25) is 4.57 Å². The number of hydrogen-bond acceptors (Lipinski definition) is 7. The van der Waals surface area contributed by atoms with E-state index < -0.39 is 0 Å². The first-order valence-electron chi connectivity index (χ1n) is 5.37. The molecule has 9 heteroatoms. The molecule has 0 saturated carbocycles. The molecule has 3 rings (SSSR count). The quantitative estimate of drug-likeness (QED) is 0.743. The summed E-state index contributed by atoms with van der Waals surface area (Å²) in [6.45, 7) is 0. The van der Waals surface area contributed by atoms with Gasteiger partial charge in [0.2, 0.25) is 17.1 Å². The molecule has 0 fully saturated rings. The summed E-state index contributed by atoms with van der Waals surface area (Å²) in [5.41, 5.74) is 5.70. The summed E-state index contributed by atoms with van der Waals surface area (Å²) < 4.78 is 3.54. The minimum absolute atomic E-state index is 0.162. The second-order valence-electron chi connectivity index (χ2n) is 3.67. The molecular weight excluding hydrogens is 264 g/mol. The molecule has 3 aromatic rings. The zero-order valence-corrected chi connectivity index (χ0v) is 10.8. The number of nitrogens with zero attached hydrogens (tertiary/aromatic N) is 7. The molecule has 0 radical (unpaired) electrons. The van der Waals surface area contributed by atoms with Gasteiger partial charge >= 0.3 is 0 Å². The van der Waals surface area contributed by atoms with E-state index in [2.05, 4.69) is 24.9 Å². The maximum absolute atomic E-state index is 5.70. The van der Waals surface area contributed by atoms with Gasteiger partial charge < -0.3 is 10.3 Å². The van der Waals surface area contributed by atoms with Crippen molar-refractivity contribution in [2.45, 2.75) is 10.3 Å². The highest BCUT2D eigenvalue weighted by Crippen LogP contribution is 2.22. The average Bonchev–Trinajstić information content (AvgIpc) is 3.01. The fraction of sp³-hybridized carbons (Fsp3) is 0.100. The number of nitrogen functional groups attached to an aromatic ring is 1. The molecule has 3 heterocycles. The lowest BCUT2D eigenvalue weighted by atomic mass is 10.8. The van der Waals surface area contributed by atoms with E-state index in [0.717, 1.165) is 5.16 Å². The minimum atomic E-state index is 0.162. The van der Waals surface area contributed by atoms with Crippen molar-refractivity contribution in [3.8, 4) is 5.95 Å². The van der Waals surface area contributed by atoms with Gasteiger partial charge in [-0.05, 0) is 11.8 Å². The Morgan fingerprint density at radius 3 is 2.74 bits per heavy atom. The van der Waals surface area contributed by atoms with Crippen LogP contribution in [0.5, 0.6) is 0 Å². The Balaban J connectivity index is 1.96. The van der Waals surface area contributed by atoms with Crippen LogP contribution in [0.1, 0.15) is 0 Å². The van der Waals surface area contributed by atoms with Crippen molar-refractivity contribution in [2.24, 2.45) is 7.05 Å². The monoisotopic (exact) mass is 274 g/mol. The van der Waals surface area contributed by atoms with Crippen LogP contribution in [0, 0.1) is 0 Å². The largest absolute Gasteiger partial charge is 0.368 e. The fourth-order valence-corrected chi connectivity index (χ4v) is 2.18. The fourth-order valence-electron chi connectivity index (χ4n) is 1.43. The molecule has 2 N–H and O–H groups in total. The van der Waals surface area contributed by atoms with Gasteiger partial charge in [-0.15, -0.1) is 0 Å². The van der Waals surface area contributed by atoms with Crippen LogP contribution in [0.15, 0.2) is 41.4 Å². The van der Waals surface area contributed by atoms with E-state index >= 15 is 0 Å². The molecule has 0 aliphatic heterocycles. The van der Waals surface area contributed by atoms with Crippen LogP contribution >= 0.6 is 11.8 Å². The van der Waals surface area contributed by atoms with Crippen LogP contribution < -0.4 is 5.73 Å². The predicted molar refractivity (Wildman–Crippen MR) is 68.7 cm³/mol. The second-order valence-corrected chi connectivity index (χ2v) is 4.60. The van der Waals surface area contributed by atoms with Gasteiger partial charge in [-0.1, -0.05) is 0 Å². The van der Waals surface area contributed by atoms with Crippen LogP contribution in [0.2, 0.25) is 0 Å². The predicted octanol–water partition coefficient (Wildman–Crippen LogP) is 0.524. The summed E-state index contributed by atoms with van der Waals surface area (Å²) in [7, 11) is 1.90. The molecule has 0 aliphatic rings. The van der Waals surface area contributed by atoms with Crippen molar-refractivity contribution in [3.05, 3.63) is 31.1 Å². The van der Waals surface area contributed by atoms with Gasteiger partial charge in [0.15, 0.2) is 5.16 Å². The lowest BCUT2D eigenvalue weighted by Gasteiger charge is -2.04. The number of anilines is 1. The summed E-state index contributed by atoms with van der Waals surface area (Å²) >= 11 is 1.32. The molecule has 19 heavy (non-hydrogen) atoms. The molecule has 0 amide bonds. The third-order valence-corrected chi connectivity index (χ3v) is 3.26. The highest BCUT2D eigenvalue weighted by molar-refractivity contribution is 7.99. The summed E-state index contributed by atoms with van der Waals surface area (Å²) in [4.78, 5) is 20.6. The summed E-state index contributed by atoms with van der Waals surface area (Å²) in [5, 5.41) is 1.27. The van der Waals surface area contributed by atoms with E-state index in [1.807, 2.05) is 17.8 Å². The van der Waals surface area contributed by atoms with Crippen molar-refractivity contribution in [2.75, 3.05) is 5.73 Å². The smallest absolute Gasteiger partial charge is 0.240 e. The molecular formula is C10H10N8S. The van der Waals surface area contributed by atoms with Gasteiger partial charge in [0.25, 0.3) is 0 Å². The zero-order chi connectivity index (χ0) is 13.2. The highest BCUT2D eigenvalue weighted by Gasteiger charge is 2.10. The van der Waals surface area contributed by atoms with Crippen LogP contribution in [-0.2, 0) is 7.05 Å². The molecule has 0 saturated heterocycles. The minimum Gasteiger partial charge on any atom is -0.368 e. The molecule has 0 atom stereocenters. The van der Waals surface area contributed by atoms with E-state index in [4.69, 9.17) is 5.73 Å². The summed E-state index contributed by atoms with van der Waals surface area (Å²) in [5.74, 6) is 0.595. The normalized spacial score (nSPS) is 10.8. The zero-order valence-electron chi connectivity index (χ0n) is 10.0. The van der Waals surface area contributed by atoms with E-state index in [1.54, 1.807) is 29.5 Å². The molecule has 3 aromatic heterocycles. The van der Waals surface area contributed by atoms with Crippen molar-refractivity contribution < 1.29 is 0 Å². The van der Waals surface area contributed by atoms with Gasteiger partial charge in [0, 0.05) is 31.8 Å². The lowest BCUT2D eigenvalue weighted by Crippen LogP contribution is -2.06. The molecule has 8 nitrogen and oxygen atoms in total. The summed E-state index contributed by atoms with van der Waals surface area (Å²) in [6, 6.07) is 0. The van der Waals surface area contributed by atoms with Crippen molar-refractivity contribution in [1.82, 2.24) is 34.1 Å². The summed E-state index contributed by atoms with van der Waals surface area (Å²) in [6.07, 6.45) is 8.55. The molecule has 0 spiro atoms. The standard InChI is InChI=1S/C10H10N8S/c1-17-4-3-13-10(17)19-9-15-7(11)14-8(16-9)18-5-2-12-6-18/h2-6H,1H3,(H2,11,14,15,16). The Morgan fingerprint density at radius 1 is 1.16 bits per heavy atom. The van der Waals surface area contributed by atoms with Crippen molar-refractivity contribution in [3.63, 3.8) is 0 Å². The Hall–Kier alpha value is -2.42.